The van der Waals surface area contributed by atoms with E-state index >= 15 is 0 Å². The molecule has 0 aromatic heterocycles. The molecule has 146 valence electrons. The van der Waals surface area contributed by atoms with Gasteiger partial charge in [0, 0.05) is 6.42 Å². The molecule has 2 fully saturated rings. The lowest BCUT2D eigenvalue weighted by Gasteiger charge is -2.40. The van der Waals surface area contributed by atoms with Gasteiger partial charge in [-0.25, -0.2) is 4.79 Å². The van der Waals surface area contributed by atoms with Crippen LogP contribution in [-0.4, -0.2) is 45.4 Å². The standard InChI is InChI=1S/C23H19NO5/c25-9-8-19-23(22(27)28,24-20(26)12-21(24)29-19)13-17-7-3-6-16-10-14-4-1-2-5-15(14)11-18(16)17/h1-8,10-11,21,25H,9,12-13H2,(H,27,28)/b19-8-/t21-,23-/m1/s1. The molecule has 0 bridgehead atoms. The molecular formula is C23H19NO5. The van der Waals surface area contributed by atoms with Gasteiger partial charge in [0.15, 0.2) is 6.23 Å². The van der Waals surface area contributed by atoms with E-state index in [2.05, 4.69) is 12.1 Å². The van der Waals surface area contributed by atoms with Crippen molar-refractivity contribution in [3.8, 4) is 0 Å². The molecule has 2 N–H and O–H groups in total. The summed E-state index contributed by atoms with van der Waals surface area (Å²) >= 11 is 0. The van der Waals surface area contributed by atoms with E-state index in [-0.39, 0.29) is 31.1 Å². The maximum atomic E-state index is 12.5. The van der Waals surface area contributed by atoms with Crippen LogP contribution in [-0.2, 0) is 20.7 Å². The Hall–Kier alpha value is -3.38. The zero-order valence-electron chi connectivity index (χ0n) is 15.5. The lowest BCUT2D eigenvalue weighted by atomic mass is 9.83. The second kappa shape index (κ2) is 6.32. The molecule has 29 heavy (non-hydrogen) atoms. The number of β-lactam (4-membered cyclic amide) rings is 1. The fourth-order valence-corrected chi connectivity index (χ4v) is 4.52. The number of aliphatic hydroxyl groups excluding tert-OH is 1. The number of nitrogens with zero attached hydrogens (tertiary/aromatic N) is 1. The minimum atomic E-state index is -1.65. The first-order chi connectivity index (χ1) is 14.0. The summed E-state index contributed by atoms with van der Waals surface area (Å²) in [6, 6.07) is 17.9. The van der Waals surface area contributed by atoms with Crippen LogP contribution in [0.2, 0.25) is 0 Å². The Morgan fingerprint density at radius 3 is 2.55 bits per heavy atom. The van der Waals surface area contributed by atoms with Gasteiger partial charge >= 0.3 is 5.97 Å². The van der Waals surface area contributed by atoms with E-state index in [4.69, 9.17) is 4.74 Å². The van der Waals surface area contributed by atoms with Crippen molar-refractivity contribution in [3.05, 3.63) is 72.0 Å². The second-order valence-corrected chi connectivity index (χ2v) is 7.47. The number of amides is 1. The molecule has 2 aliphatic rings. The van der Waals surface area contributed by atoms with Crippen molar-refractivity contribution < 1.29 is 24.5 Å². The molecule has 2 saturated heterocycles. The highest BCUT2D eigenvalue weighted by Gasteiger charge is 2.64. The second-order valence-electron chi connectivity index (χ2n) is 7.47. The van der Waals surface area contributed by atoms with Crippen LogP contribution in [0.4, 0.5) is 0 Å². The molecule has 0 unspecified atom stereocenters. The van der Waals surface area contributed by atoms with Crippen molar-refractivity contribution in [1.29, 1.82) is 0 Å². The third-order valence-corrected chi connectivity index (χ3v) is 5.90. The Labute approximate surface area is 166 Å². The lowest BCUT2D eigenvalue weighted by Crippen LogP contribution is -2.63. The number of ether oxygens (including phenoxy) is 1. The zero-order chi connectivity index (χ0) is 20.2. The lowest BCUT2D eigenvalue weighted by molar-refractivity contribution is -0.170. The normalized spacial score (nSPS) is 24.6. The number of hydrogen-bond donors (Lipinski definition) is 2. The molecule has 0 radical (unpaired) electrons. The van der Waals surface area contributed by atoms with Crippen molar-refractivity contribution >= 4 is 33.4 Å². The van der Waals surface area contributed by atoms with Gasteiger partial charge in [-0.05, 0) is 45.3 Å². The maximum absolute atomic E-state index is 12.5. The van der Waals surface area contributed by atoms with Crippen molar-refractivity contribution in [3.63, 3.8) is 0 Å². The first-order valence-corrected chi connectivity index (χ1v) is 9.49. The fraction of sp³-hybridized carbons (Fsp3) is 0.217. The van der Waals surface area contributed by atoms with Gasteiger partial charge in [-0.3, -0.25) is 9.69 Å². The van der Waals surface area contributed by atoms with Gasteiger partial charge in [-0.2, -0.15) is 0 Å². The molecule has 1 amide bonds. The van der Waals surface area contributed by atoms with Gasteiger partial charge in [0.25, 0.3) is 0 Å². The van der Waals surface area contributed by atoms with E-state index in [1.165, 1.54) is 11.0 Å². The molecule has 0 saturated carbocycles. The van der Waals surface area contributed by atoms with Crippen LogP contribution in [0.15, 0.2) is 66.4 Å². The highest BCUT2D eigenvalue weighted by atomic mass is 16.5. The number of aliphatic carboxylic acids is 1. The molecule has 3 aromatic rings. The van der Waals surface area contributed by atoms with E-state index in [1.54, 1.807) is 0 Å². The van der Waals surface area contributed by atoms with Crippen molar-refractivity contribution in [2.75, 3.05) is 6.61 Å². The van der Waals surface area contributed by atoms with Gasteiger partial charge < -0.3 is 14.9 Å². The monoisotopic (exact) mass is 389 g/mol. The van der Waals surface area contributed by atoms with Gasteiger partial charge in [0.1, 0.15) is 5.76 Å². The molecule has 0 aliphatic carbocycles. The molecular weight excluding hydrogens is 370 g/mol. The van der Waals surface area contributed by atoms with E-state index in [9.17, 15) is 19.8 Å². The summed E-state index contributed by atoms with van der Waals surface area (Å²) in [7, 11) is 0. The Morgan fingerprint density at radius 2 is 1.86 bits per heavy atom. The van der Waals surface area contributed by atoms with Crippen LogP contribution in [0.1, 0.15) is 12.0 Å². The maximum Gasteiger partial charge on any atom is 0.338 e. The number of aliphatic hydroxyl groups is 1. The molecule has 6 nitrogen and oxygen atoms in total. The topological polar surface area (TPSA) is 87.1 Å². The third-order valence-electron chi connectivity index (χ3n) is 5.90. The summed E-state index contributed by atoms with van der Waals surface area (Å²) < 4.78 is 5.73. The van der Waals surface area contributed by atoms with Gasteiger partial charge in [-0.1, -0.05) is 42.5 Å². The SMILES string of the molecule is O=C1C[C@H]2O/C(=C\CO)[C@](Cc3cccc4cc5ccccc5cc34)(C(=O)O)N12. The number of carboxylic acids is 1. The number of carbonyl (C=O) groups excluding carboxylic acids is 1. The number of carbonyl (C=O) groups is 2. The highest BCUT2D eigenvalue weighted by molar-refractivity contribution is 6.00. The summed E-state index contributed by atoms with van der Waals surface area (Å²) in [5.74, 6) is -1.30. The van der Waals surface area contributed by atoms with Crippen LogP contribution >= 0.6 is 0 Å². The van der Waals surface area contributed by atoms with Crippen molar-refractivity contribution in [2.24, 2.45) is 0 Å². The quantitative estimate of drug-likeness (QED) is 0.529. The average molecular weight is 389 g/mol. The molecule has 2 aliphatic heterocycles. The number of benzene rings is 3. The molecule has 2 heterocycles. The minimum Gasteiger partial charge on any atom is -0.479 e. The largest absolute Gasteiger partial charge is 0.479 e. The fourth-order valence-electron chi connectivity index (χ4n) is 4.52. The Morgan fingerprint density at radius 1 is 1.14 bits per heavy atom. The van der Waals surface area contributed by atoms with Crippen LogP contribution in [0.3, 0.4) is 0 Å². The van der Waals surface area contributed by atoms with Crippen LogP contribution < -0.4 is 0 Å². The van der Waals surface area contributed by atoms with E-state index in [0.717, 1.165) is 27.1 Å². The summed E-state index contributed by atoms with van der Waals surface area (Å²) in [6.07, 6.45) is 0.969. The molecule has 5 rings (SSSR count). The first-order valence-electron chi connectivity index (χ1n) is 9.49. The van der Waals surface area contributed by atoms with E-state index < -0.39 is 17.7 Å². The Kier molecular flexibility index (Phi) is 3.86. The predicted octanol–water partition coefficient (Wildman–Crippen LogP) is 2.82. The van der Waals surface area contributed by atoms with Crippen LogP contribution in [0.5, 0.6) is 0 Å². The van der Waals surface area contributed by atoms with E-state index in [0.29, 0.717) is 0 Å². The minimum absolute atomic E-state index is 0.0616. The summed E-state index contributed by atoms with van der Waals surface area (Å²) in [4.78, 5) is 26.1. The van der Waals surface area contributed by atoms with E-state index in [1.807, 2.05) is 42.5 Å². The van der Waals surface area contributed by atoms with Gasteiger partial charge in [-0.15, -0.1) is 0 Å². The number of carboxylic acid groups (broad SMARTS) is 1. The van der Waals surface area contributed by atoms with Crippen LogP contribution in [0.25, 0.3) is 21.5 Å². The smallest absolute Gasteiger partial charge is 0.338 e. The average Bonchev–Trinajstić information content (AvgIpc) is 2.95. The third kappa shape index (κ3) is 2.46. The number of fused-ring (bicyclic) bond motifs is 3. The molecule has 0 spiro atoms. The van der Waals surface area contributed by atoms with Crippen molar-refractivity contribution in [2.45, 2.75) is 24.6 Å². The summed E-state index contributed by atoms with van der Waals surface area (Å²) in [5.41, 5.74) is -0.841. The summed E-state index contributed by atoms with van der Waals surface area (Å²) in [5, 5.41) is 23.7. The highest BCUT2D eigenvalue weighted by Crippen LogP contribution is 2.46. The molecule has 2 atom stereocenters. The number of hydrogen-bond acceptors (Lipinski definition) is 4. The van der Waals surface area contributed by atoms with Gasteiger partial charge in [0.05, 0.1) is 13.0 Å². The first kappa shape index (κ1) is 17.7. The Balaban J connectivity index is 1.70. The predicted molar refractivity (Wildman–Crippen MR) is 107 cm³/mol. The Bertz CT molecular complexity index is 1200. The van der Waals surface area contributed by atoms with Crippen molar-refractivity contribution in [1.82, 2.24) is 4.90 Å². The zero-order valence-corrected chi connectivity index (χ0v) is 15.5. The summed E-state index contributed by atoms with van der Waals surface area (Å²) in [6.45, 7) is -0.362. The number of rotatable bonds is 4. The molecule has 3 aromatic carbocycles. The molecule has 6 heteroatoms. The van der Waals surface area contributed by atoms with Gasteiger partial charge in [0.2, 0.25) is 11.4 Å². The van der Waals surface area contributed by atoms with Crippen LogP contribution in [0, 0.1) is 0 Å².